The molecule has 2 saturated heterocycles. The molecule has 2 aliphatic rings. The van der Waals surface area contributed by atoms with Crippen molar-refractivity contribution in [2.75, 3.05) is 44.2 Å². The summed E-state index contributed by atoms with van der Waals surface area (Å²) in [6.45, 7) is 12.5. The average Bonchev–Trinajstić information content (AvgIpc) is 3.02. The van der Waals surface area contributed by atoms with E-state index in [1.807, 2.05) is 53.4 Å². The molecule has 0 bridgehead atoms. The maximum Gasteiger partial charge on any atom is 0.255 e. The number of likely N-dealkylation sites (tertiary alicyclic amines) is 1. The van der Waals surface area contributed by atoms with Gasteiger partial charge >= 0.3 is 0 Å². The van der Waals surface area contributed by atoms with E-state index in [2.05, 4.69) is 25.7 Å². The lowest BCUT2D eigenvalue weighted by atomic mass is 9.90. The van der Waals surface area contributed by atoms with Crippen molar-refractivity contribution in [3.8, 4) is 6.07 Å². The first-order valence-electron chi connectivity index (χ1n) is 13.7. The molecule has 0 aliphatic carbocycles. The molecule has 1 aromatic heterocycles. The fourth-order valence-electron chi connectivity index (χ4n) is 5.43. The van der Waals surface area contributed by atoms with Crippen molar-refractivity contribution in [3.05, 3.63) is 101 Å². The van der Waals surface area contributed by atoms with Gasteiger partial charge in [0.15, 0.2) is 11.5 Å². The second-order valence-electron chi connectivity index (χ2n) is 10.5. The summed E-state index contributed by atoms with van der Waals surface area (Å²) in [6, 6.07) is 20.8. The Kier molecular flexibility index (Phi) is 8.49. The van der Waals surface area contributed by atoms with Gasteiger partial charge in [-0.3, -0.25) is 19.5 Å². The molecule has 0 atom stereocenters. The predicted molar refractivity (Wildman–Crippen MR) is 153 cm³/mol. The third-order valence-electron chi connectivity index (χ3n) is 7.88. The molecule has 0 spiro atoms. The molecule has 3 aromatic rings. The molecule has 0 unspecified atom stereocenters. The fraction of sp³-hybridized carbons (Fsp3) is 0.344. The highest BCUT2D eigenvalue weighted by molar-refractivity contribution is 5.97. The van der Waals surface area contributed by atoms with Crippen LogP contribution in [0.2, 0.25) is 0 Å². The molecule has 40 heavy (non-hydrogen) atoms. The molecule has 1 amide bonds. The van der Waals surface area contributed by atoms with Gasteiger partial charge < -0.3 is 9.80 Å². The monoisotopic (exact) mass is 532 g/mol. The zero-order chi connectivity index (χ0) is 27.9. The van der Waals surface area contributed by atoms with Crippen LogP contribution in [0.15, 0.2) is 66.9 Å². The number of carbonyl (C=O) groups excluding carboxylic acids is 2. The summed E-state index contributed by atoms with van der Waals surface area (Å²) < 4.78 is 0. The zero-order valence-electron chi connectivity index (χ0n) is 22.5. The number of anilines is 1. The van der Waals surface area contributed by atoms with Crippen LogP contribution in [-0.2, 0) is 6.54 Å². The van der Waals surface area contributed by atoms with Crippen LogP contribution in [0.1, 0.15) is 51.2 Å². The number of amides is 1. The van der Waals surface area contributed by atoms with Crippen molar-refractivity contribution in [1.29, 1.82) is 5.26 Å². The zero-order valence-corrected chi connectivity index (χ0v) is 22.5. The van der Waals surface area contributed by atoms with Crippen LogP contribution in [0.4, 0.5) is 11.4 Å². The van der Waals surface area contributed by atoms with Crippen LogP contribution in [0.25, 0.3) is 4.85 Å². The molecule has 5 rings (SSSR count). The Morgan fingerprint density at radius 2 is 1.62 bits per heavy atom. The summed E-state index contributed by atoms with van der Waals surface area (Å²) in [4.78, 5) is 40.2. The molecule has 0 N–H and O–H groups in total. The number of aromatic nitrogens is 1. The molecule has 3 heterocycles. The van der Waals surface area contributed by atoms with Gasteiger partial charge in [0, 0.05) is 51.0 Å². The second kappa shape index (κ2) is 12.5. The van der Waals surface area contributed by atoms with E-state index in [1.165, 1.54) is 11.8 Å². The Labute approximate surface area is 235 Å². The van der Waals surface area contributed by atoms with Gasteiger partial charge in [-0.15, -0.1) is 0 Å². The second-order valence-corrected chi connectivity index (χ2v) is 10.5. The van der Waals surface area contributed by atoms with Gasteiger partial charge in [-0.25, -0.2) is 4.85 Å². The van der Waals surface area contributed by atoms with Crippen LogP contribution in [-0.4, -0.2) is 65.7 Å². The number of ketones is 1. The van der Waals surface area contributed by atoms with Crippen molar-refractivity contribution in [3.63, 3.8) is 0 Å². The average molecular weight is 533 g/mol. The SMILES string of the molecule is [C-]#[N+]c1ccc(N2CCN(C(=O)c3ccc(C(=O)CC4CCN(Cc5ccc(C#N)cc5)CC4)nc3)CC2)cc1. The number of hydrogen-bond acceptors (Lipinski definition) is 6. The number of piperazine rings is 1. The van der Waals surface area contributed by atoms with Crippen molar-refractivity contribution in [1.82, 2.24) is 14.8 Å². The van der Waals surface area contributed by atoms with Crippen LogP contribution in [0.3, 0.4) is 0 Å². The van der Waals surface area contributed by atoms with Crippen molar-refractivity contribution < 1.29 is 9.59 Å². The molecule has 8 nitrogen and oxygen atoms in total. The first-order chi connectivity index (χ1) is 19.5. The van der Waals surface area contributed by atoms with E-state index >= 15 is 0 Å². The molecule has 2 fully saturated rings. The first-order valence-corrected chi connectivity index (χ1v) is 13.7. The number of rotatable bonds is 7. The number of nitrogens with zero attached hydrogens (tertiary/aromatic N) is 6. The minimum atomic E-state index is -0.0656. The van der Waals surface area contributed by atoms with E-state index in [1.54, 1.807) is 12.1 Å². The molecule has 0 saturated carbocycles. The number of Topliss-reactive ketones (excluding diaryl/α,β-unsaturated/α-hetero) is 1. The minimum Gasteiger partial charge on any atom is -0.368 e. The molecular formula is C32H32N6O2. The minimum absolute atomic E-state index is 0.0300. The van der Waals surface area contributed by atoms with Gasteiger partial charge in [0.2, 0.25) is 0 Å². The Balaban J connectivity index is 1.07. The fourth-order valence-corrected chi connectivity index (χ4v) is 5.43. The van der Waals surface area contributed by atoms with Gasteiger partial charge in [-0.05, 0) is 73.8 Å². The summed E-state index contributed by atoms with van der Waals surface area (Å²) in [5.74, 6) is 0.299. The molecule has 2 aliphatic heterocycles. The Morgan fingerprint density at radius 3 is 2.23 bits per heavy atom. The third-order valence-corrected chi connectivity index (χ3v) is 7.88. The van der Waals surface area contributed by atoms with E-state index < -0.39 is 0 Å². The normalized spacial score (nSPS) is 16.2. The van der Waals surface area contributed by atoms with E-state index in [9.17, 15) is 9.59 Å². The lowest BCUT2D eigenvalue weighted by Gasteiger charge is -2.36. The number of carbonyl (C=O) groups is 2. The summed E-state index contributed by atoms with van der Waals surface area (Å²) in [7, 11) is 0. The highest BCUT2D eigenvalue weighted by Crippen LogP contribution is 2.24. The van der Waals surface area contributed by atoms with Crippen LogP contribution in [0, 0.1) is 23.8 Å². The van der Waals surface area contributed by atoms with E-state index in [0.29, 0.717) is 47.9 Å². The van der Waals surface area contributed by atoms with Crippen LogP contribution >= 0.6 is 0 Å². The van der Waals surface area contributed by atoms with Crippen molar-refractivity contribution >= 4 is 23.1 Å². The van der Waals surface area contributed by atoms with Crippen molar-refractivity contribution in [2.45, 2.75) is 25.8 Å². The Morgan fingerprint density at radius 1 is 0.925 bits per heavy atom. The lowest BCUT2D eigenvalue weighted by Crippen LogP contribution is -2.48. The van der Waals surface area contributed by atoms with E-state index in [4.69, 9.17) is 11.8 Å². The molecule has 8 heteroatoms. The number of pyridine rings is 1. The number of benzene rings is 2. The lowest BCUT2D eigenvalue weighted by molar-refractivity contribution is 0.0745. The Hall–Kier alpha value is -4.53. The summed E-state index contributed by atoms with van der Waals surface area (Å²) in [5, 5.41) is 8.96. The quantitative estimate of drug-likeness (QED) is 0.316. The largest absolute Gasteiger partial charge is 0.368 e. The summed E-state index contributed by atoms with van der Waals surface area (Å²) >= 11 is 0. The van der Waals surface area contributed by atoms with Crippen LogP contribution in [0.5, 0.6) is 0 Å². The molecule has 0 radical (unpaired) electrons. The van der Waals surface area contributed by atoms with E-state index in [-0.39, 0.29) is 11.7 Å². The topological polar surface area (TPSA) is 84.9 Å². The van der Waals surface area contributed by atoms with Gasteiger partial charge in [0.25, 0.3) is 5.91 Å². The highest BCUT2D eigenvalue weighted by Gasteiger charge is 2.25. The maximum atomic E-state index is 13.0. The molecular weight excluding hydrogens is 500 g/mol. The van der Waals surface area contributed by atoms with Crippen LogP contribution < -0.4 is 4.90 Å². The first kappa shape index (κ1) is 27.1. The smallest absolute Gasteiger partial charge is 0.255 e. The molecule has 2 aromatic carbocycles. The van der Waals surface area contributed by atoms with Gasteiger partial charge in [-0.1, -0.05) is 24.3 Å². The maximum absolute atomic E-state index is 13.0. The summed E-state index contributed by atoms with van der Waals surface area (Å²) in [6.07, 6.45) is 3.94. The standard InChI is InChI=1S/C32H32N6O2/c1-34-28-7-9-29(10-8-28)37-16-18-38(19-17-37)32(40)27-6-11-30(35-22-27)31(39)20-24-12-14-36(15-13-24)23-26-4-2-25(21-33)3-5-26/h2-11,22,24H,12-20,23H2. The summed E-state index contributed by atoms with van der Waals surface area (Å²) in [5.41, 5.74) is 4.47. The van der Waals surface area contributed by atoms with Gasteiger partial charge in [-0.2, -0.15) is 5.26 Å². The Bertz CT molecular complexity index is 1400. The van der Waals surface area contributed by atoms with Crippen molar-refractivity contribution in [2.24, 2.45) is 5.92 Å². The van der Waals surface area contributed by atoms with E-state index in [0.717, 1.165) is 51.3 Å². The third kappa shape index (κ3) is 6.54. The highest BCUT2D eigenvalue weighted by atomic mass is 16.2. The number of nitriles is 1. The number of piperidine rings is 1. The number of hydrogen-bond donors (Lipinski definition) is 0. The van der Waals surface area contributed by atoms with Gasteiger partial charge in [0.05, 0.1) is 23.8 Å². The molecule has 202 valence electrons. The van der Waals surface area contributed by atoms with Gasteiger partial charge in [0.1, 0.15) is 5.69 Å². The predicted octanol–water partition coefficient (Wildman–Crippen LogP) is 4.95.